The molecule has 0 aliphatic rings. The summed E-state index contributed by atoms with van der Waals surface area (Å²) in [5.74, 6) is -0.258. The SMILES string of the molecule is CC(NC(=O)c1cc(NC(=O)CCc2ccccc2)ccc1N(C)C)c1ccccc1. The highest BCUT2D eigenvalue weighted by atomic mass is 16.2. The van der Waals surface area contributed by atoms with Gasteiger partial charge in [-0.15, -0.1) is 0 Å². The van der Waals surface area contributed by atoms with Gasteiger partial charge < -0.3 is 15.5 Å². The second-order valence-electron chi connectivity index (χ2n) is 7.77. The Hall–Kier alpha value is -3.60. The van der Waals surface area contributed by atoms with Gasteiger partial charge in [-0.05, 0) is 42.7 Å². The number of carbonyl (C=O) groups is 2. The van der Waals surface area contributed by atoms with Crippen molar-refractivity contribution in [2.45, 2.75) is 25.8 Å². The van der Waals surface area contributed by atoms with Crippen LogP contribution in [0.3, 0.4) is 0 Å². The van der Waals surface area contributed by atoms with Gasteiger partial charge in [-0.2, -0.15) is 0 Å². The van der Waals surface area contributed by atoms with Gasteiger partial charge in [-0.1, -0.05) is 60.7 Å². The highest BCUT2D eigenvalue weighted by molar-refractivity contribution is 6.02. The van der Waals surface area contributed by atoms with E-state index in [9.17, 15) is 9.59 Å². The zero-order valence-corrected chi connectivity index (χ0v) is 18.3. The Balaban J connectivity index is 1.71. The number of aryl methyl sites for hydroxylation is 1. The van der Waals surface area contributed by atoms with Gasteiger partial charge in [-0.3, -0.25) is 9.59 Å². The molecule has 0 saturated carbocycles. The molecular weight excluding hydrogens is 386 g/mol. The van der Waals surface area contributed by atoms with Crippen LogP contribution >= 0.6 is 0 Å². The summed E-state index contributed by atoms with van der Waals surface area (Å²) in [6.45, 7) is 1.96. The molecule has 0 aliphatic carbocycles. The van der Waals surface area contributed by atoms with Crippen LogP contribution in [0.5, 0.6) is 0 Å². The third-order valence-electron chi connectivity index (χ3n) is 5.14. The van der Waals surface area contributed by atoms with Gasteiger partial charge in [-0.25, -0.2) is 0 Å². The molecule has 1 atom stereocenters. The Labute approximate surface area is 184 Å². The molecule has 0 fully saturated rings. The van der Waals surface area contributed by atoms with E-state index in [2.05, 4.69) is 10.6 Å². The molecule has 2 N–H and O–H groups in total. The van der Waals surface area contributed by atoms with Crippen molar-refractivity contribution in [2.24, 2.45) is 0 Å². The molecule has 1 unspecified atom stereocenters. The van der Waals surface area contributed by atoms with E-state index in [1.54, 1.807) is 6.07 Å². The lowest BCUT2D eigenvalue weighted by atomic mass is 10.1. The van der Waals surface area contributed by atoms with Crippen LogP contribution in [0.25, 0.3) is 0 Å². The highest BCUT2D eigenvalue weighted by Gasteiger charge is 2.17. The predicted octanol–water partition coefficient (Wildman–Crippen LogP) is 4.81. The average Bonchev–Trinajstić information content (AvgIpc) is 2.78. The topological polar surface area (TPSA) is 61.4 Å². The van der Waals surface area contributed by atoms with E-state index < -0.39 is 0 Å². The first kappa shape index (κ1) is 22.1. The number of nitrogens with one attached hydrogen (secondary N) is 2. The van der Waals surface area contributed by atoms with Crippen molar-refractivity contribution in [2.75, 3.05) is 24.3 Å². The van der Waals surface area contributed by atoms with E-state index >= 15 is 0 Å². The van der Waals surface area contributed by atoms with Gasteiger partial charge in [0.25, 0.3) is 5.91 Å². The van der Waals surface area contributed by atoms with E-state index in [-0.39, 0.29) is 17.9 Å². The molecule has 0 saturated heterocycles. The van der Waals surface area contributed by atoms with Crippen LogP contribution in [-0.2, 0) is 11.2 Å². The van der Waals surface area contributed by atoms with Crippen molar-refractivity contribution in [3.05, 3.63) is 95.6 Å². The quantitative estimate of drug-likeness (QED) is 0.555. The summed E-state index contributed by atoms with van der Waals surface area (Å²) in [6, 6.07) is 25.0. The summed E-state index contributed by atoms with van der Waals surface area (Å²) in [4.78, 5) is 27.4. The maximum atomic E-state index is 13.1. The number of amides is 2. The summed E-state index contributed by atoms with van der Waals surface area (Å²) in [6.07, 6.45) is 1.05. The lowest BCUT2D eigenvalue weighted by Gasteiger charge is -2.20. The van der Waals surface area contributed by atoms with Crippen LogP contribution in [0.15, 0.2) is 78.9 Å². The highest BCUT2D eigenvalue weighted by Crippen LogP contribution is 2.24. The Bertz CT molecular complexity index is 1020. The molecule has 5 heteroatoms. The summed E-state index contributed by atoms with van der Waals surface area (Å²) in [5, 5.41) is 5.98. The van der Waals surface area contributed by atoms with Crippen LogP contribution in [0.2, 0.25) is 0 Å². The molecule has 3 aromatic carbocycles. The minimum absolute atomic E-state index is 0.0783. The van der Waals surface area contributed by atoms with Crippen molar-refractivity contribution in [3.63, 3.8) is 0 Å². The lowest BCUT2D eigenvalue weighted by molar-refractivity contribution is -0.116. The van der Waals surface area contributed by atoms with Gasteiger partial charge in [0.15, 0.2) is 0 Å². The minimum Gasteiger partial charge on any atom is -0.377 e. The van der Waals surface area contributed by atoms with Crippen molar-refractivity contribution in [3.8, 4) is 0 Å². The molecule has 3 rings (SSSR count). The van der Waals surface area contributed by atoms with E-state index in [1.165, 1.54) is 0 Å². The van der Waals surface area contributed by atoms with E-state index in [1.807, 2.05) is 98.7 Å². The molecule has 0 radical (unpaired) electrons. The molecule has 160 valence electrons. The first-order chi connectivity index (χ1) is 14.9. The Kier molecular flexibility index (Phi) is 7.44. The fourth-order valence-corrected chi connectivity index (χ4v) is 3.41. The summed E-state index contributed by atoms with van der Waals surface area (Å²) in [5.41, 5.74) is 4.08. The van der Waals surface area contributed by atoms with Gasteiger partial charge in [0, 0.05) is 31.9 Å². The van der Waals surface area contributed by atoms with E-state index in [0.29, 0.717) is 24.1 Å². The standard InChI is InChI=1S/C26H29N3O2/c1-19(21-12-8-5-9-13-21)27-26(31)23-18-22(15-16-24(23)29(2)3)28-25(30)17-14-20-10-6-4-7-11-20/h4-13,15-16,18-19H,14,17H2,1-3H3,(H,27,31)(H,28,30). The summed E-state index contributed by atoms with van der Waals surface area (Å²) in [7, 11) is 3.79. The number of carbonyl (C=O) groups excluding carboxylic acids is 2. The molecule has 2 amide bonds. The van der Waals surface area contributed by atoms with Gasteiger partial charge >= 0.3 is 0 Å². The number of nitrogens with zero attached hydrogens (tertiary/aromatic N) is 1. The van der Waals surface area contributed by atoms with E-state index in [4.69, 9.17) is 0 Å². The zero-order valence-electron chi connectivity index (χ0n) is 18.3. The van der Waals surface area contributed by atoms with Crippen molar-refractivity contribution >= 4 is 23.2 Å². The predicted molar refractivity (Wildman–Crippen MR) is 126 cm³/mol. The first-order valence-corrected chi connectivity index (χ1v) is 10.4. The Morgan fingerprint density at radius 3 is 2.19 bits per heavy atom. The molecule has 0 heterocycles. The maximum Gasteiger partial charge on any atom is 0.253 e. The largest absolute Gasteiger partial charge is 0.377 e. The maximum absolute atomic E-state index is 13.1. The lowest BCUT2D eigenvalue weighted by Crippen LogP contribution is -2.28. The third-order valence-corrected chi connectivity index (χ3v) is 5.14. The molecule has 5 nitrogen and oxygen atoms in total. The number of anilines is 2. The van der Waals surface area contributed by atoms with Crippen LogP contribution < -0.4 is 15.5 Å². The van der Waals surface area contributed by atoms with Gasteiger partial charge in [0.2, 0.25) is 5.91 Å². The molecule has 0 spiro atoms. The minimum atomic E-state index is -0.180. The van der Waals surface area contributed by atoms with Crippen LogP contribution in [0.4, 0.5) is 11.4 Å². The van der Waals surface area contributed by atoms with Crippen LogP contribution in [0, 0.1) is 0 Å². The Morgan fingerprint density at radius 1 is 0.903 bits per heavy atom. The Morgan fingerprint density at radius 2 is 1.55 bits per heavy atom. The molecular formula is C26H29N3O2. The first-order valence-electron chi connectivity index (χ1n) is 10.4. The van der Waals surface area contributed by atoms with Crippen LogP contribution in [0.1, 0.15) is 40.9 Å². The molecule has 0 bridgehead atoms. The molecule has 0 aliphatic heterocycles. The summed E-state index contributed by atoms with van der Waals surface area (Å²) >= 11 is 0. The zero-order chi connectivity index (χ0) is 22.2. The fourth-order valence-electron chi connectivity index (χ4n) is 3.41. The van der Waals surface area contributed by atoms with Crippen LogP contribution in [-0.4, -0.2) is 25.9 Å². The second-order valence-corrected chi connectivity index (χ2v) is 7.77. The molecule has 31 heavy (non-hydrogen) atoms. The number of benzene rings is 3. The fraction of sp³-hybridized carbons (Fsp3) is 0.231. The van der Waals surface area contributed by atoms with E-state index in [0.717, 1.165) is 16.8 Å². The molecule has 0 aromatic heterocycles. The van der Waals surface area contributed by atoms with Gasteiger partial charge in [0.05, 0.1) is 11.6 Å². The number of rotatable bonds is 8. The number of hydrogen-bond acceptors (Lipinski definition) is 3. The van der Waals surface area contributed by atoms with Crippen molar-refractivity contribution < 1.29 is 9.59 Å². The number of hydrogen-bond donors (Lipinski definition) is 2. The monoisotopic (exact) mass is 415 g/mol. The third kappa shape index (κ3) is 6.19. The van der Waals surface area contributed by atoms with Crippen molar-refractivity contribution in [1.82, 2.24) is 5.32 Å². The van der Waals surface area contributed by atoms with Gasteiger partial charge in [0.1, 0.15) is 0 Å². The van der Waals surface area contributed by atoms with Crippen molar-refractivity contribution in [1.29, 1.82) is 0 Å². The smallest absolute Gasteiger partial charge is 0.253 e. The molecule has 3 aromatic rings. The normalized spacial score (nSPS) is 11.5. The second kappa shape index (κ2) is 10.4. The summed E-state index contributed by atoms with van der Waals surface area (Å²) < 4.78 is 0. The average molecular weight is 416 g/mol.